The largest absolute Gasteiger partial charge is 0.356 e. The Morgan fingerprint density at radius 2 is 2.00 bits per heavy atom. The molecule has 2 aliphatic rings. The van der Waals surface area contributed by atoms with Gasteiger partial charge in [-0.1, -0.05) is 12.1 Å². The second-order valence-corrected chi connectivity index (χ2v) is 5.64. The van der Waals surface area contributed by atoms with Crippen LogP contribution in [0.4, 0.5) is 0 Å². The number of nitrogens with one attached hydrogen (secondary N) is 3. The maximum absolute atomic E-state index is 12.4. The average Bonchev–Trinajstić information content (AvgIpc) is 2.61. The highest BCUT2D eigenvalue weighted by molar-refractivity contribution is 14.0. The van der Waals surface area contributed by atoms with Gasteiger partial charge in [0.25, 0.3) is 5.91 Å². The molecule has 0 saturated carbocycles. The molecule has 7 nitrogen and oxygen atoms in total. The topological polar surface area (TPSA) is 85.8 Å². The zero-order valence-electron chi connectivity index (χ0n) is 13.4. The number of hydrogen-bond acceptors (Lipinski definition) is 5. The van der Waals surface area contributed by atoms with Crippen LogP contribution in [0.2, 0.25) is 0 Å². The van der Waals surface area contributed by atoms with Crippen molar-refractivity contribution in [2.24, 2.45) is 4.99 Å². The Morgan fingerprint density at radius 1 is 1.21 bits per heavy atom. The number of nitrogens with zero attached hydrogens (tertiary/aromatic N) is 2. The van der Waals surface area contributed by atoms with Crippen molar-refractivity contribution in [3.05, 3.63) is 35.4 Å². The summed E-state index contributed by atoms with van der Waals surface area (Å²) < 4.78 is 0. The van der Waals surface area contributed by atoms with Gasteiger partial charge in [-0.2, -0.15) is 0 Å². The van der Waals surface area contributed by atoms with Crippen LogP contribution in [0.25, 0.3) is 0 Å². The lowest BCUT2D eigenvalue weighted by Gasteiger charge is -2.26. The van der Waals surface area contributed by atoms with Crippen molar-refractivity contribution < 1.29 is 9.59 Å². The van der Waals surface area contributed by atoms with Crippen LogP contribution < -0.4 is 16.0 Å². The predicted molar refractivity (Wildman–Crippen MR) is 103 cm³/mol. The Morgan fingerprint density at radius 3 is 2.67 bits per heavy atom. The lowest BCUT2D eigenvalue weighted by Crippen LogP contribution is -2.49. The van der Waals surface area contributed by atoms with Crippen LogP contribution in [0.15, 0.2) is 29.3 Å². The van der Waals surface area contributed by atoms with E-state index in [0.717, 1.165) is 31.0 Å². The quantitative estimate of drug-likeness (QED) is 0.588. The molecule has 0 aromatic heterocycles. The maximum Gasteiger partial charge on any atom is 0.254 e. The summed E-state index contributed by atoms with van der Waals surface area (Å²) in [6, 6.07) is 7.46. The molecule has 2 aliphatic heterocycles. The molecular weight excluding hydrogens is 421 g/mol. The Bertz CT molecular complexity index is 617. The highest BCUT2D eigenvalue weighted by Crippen LogP contribution is 2.09. The Kier molecular flexibility index (Phi) is 6.83. The van der Waals surface area contributed by atoms with Crippen LogP contribution in [0.5, 0.6) is 0 Å². The van der Waals surface area contributed by atoms with E-state index < -0.39 is 0 Å². The average molecular weight is 443 g/mol. The molecule has 1 aromatic rings. The van der Waals surface area contributed by atoms with Gasteiger partial charge in [0.2, 0.25) is 5.91 Å². The fourth-order valence-corrected chi connectivity index (χ4v) is 2.60. The third kappa shape index (κ3) is 4.83. The molecule has 0 radical (unpaired) electrons. The molecule has 0 aliphatic carbocycles. The van der Waals surface area contributed by atoms with E-state index >= 15 is 0 Å². The molecule has 130 valence electrons. The minimum absolute atomic E-state index is 0. The van der Waals surface area contributed by atoms with Crippen LogP contribution in [-0.4, -0.2) is 55.4 Å². The van der Waals surface area contributed by atoms with Gasteiger partial charge in [-0.25, -0.2) is 0 Å². The molecule has 1 saturated heterocycles. The second-order valence-electron chi connectivity index (χ2n) is 5.64. The molecule has 1 fully saturated rings. The van der Waals surface area contributed by atoms with Crippen molar-refractivity contribution in [2.45, 2.75) is 13.0 Å². The van der Waals surface area contributed by atoms with E-state index in [-0.39, 0.29) is 42.3 Å². The minimum Gasteiger partial charge on any atom is -0.356 e. The summed E-state index contributed by atoms with van der Waals surface area (Å²) in [7, 11) is 0. The first-order chi connectivity index (χ1) is 11.2. The zero-order valence-corrected chi connectivity index (χ0v) is 15.7. The number of guanidine groups is 1. The Hall–Kier alpha value is -1.84. The van der Waals surface area contributed by atoms with E-state index in [2.05, 4.69) is 20.9 Å². The van der Waals surface area contributed by atoms with Crippen LogP contribution in [0.3, 0.4) is 0 Å². The molecule has 1 aromatic carbocycles. The van der Waals surface area contributed by atoms with E-state index in [9.17, 15) is 9.59 Å². The van der Waals surface area contributed by atoms with E-state index in [1.54, 1.807) is 4.90 Å². The molecule has 0 bridgehead atoms. The minimum atomic E-state index is -0.105. The van der Waals surface area contributed by atoms with E-state index in [0.29, 0.717) is 25.2 Å². The number of amides is 2. The van der Waals surface area contributed by atoms with Crippen LogP contribution >= 0.6 is 24.0 Å². The molecular formula is C16H22IN5O2. The molecule has 0 unspecified atom stereocenters. The van der Waals surface area contributed by atoms with Crippen molar-refractivity contribution in [1.29, 1.82) is 0 Å². The lowest BCUT2D eigenvalue weighted by molar-refractivity contribution is -0.123. The third-order valence-corrected chi connectivity index (χ3v) is 3.88. The molecule has 0 atom stereocenters. The first-order valence-corrected chi connectivity index (χ1v) is 7.89. The fourth-order valence-electron chi connectivity index (χ4n) is 2.60. The van der Waals surface area contributed by atoms with Gasteiger partial charge in [-0.15, -0.1) is 24.0 Å². The van der Waals surface area contributed by atoms with Crippen molar-refractivity contribution >= 4 is 41.8 Å². The van der Waals surface area contributed by atoms with Gasteiger partial charge in [0.15, 0.2) is 5.96 Å². The summed E-state index contributed by atoms with van der Waals surface area (Å²) in [5, 5.41) is 9.17. The standard InChI is InChI=1S/C16H21N5O2.HI/c22-14-11-21(9-8-17-14)15(23)13-4-2-12(3-5-13)10-20-16-18-6-1-7-19-16;/h2-5H,1,6-11H2,(H,17,22)(H2,18,19,20);1H. The van der Waals surface area contributed by atoms with Gasteiger partial charge in [-0.3, -0.25) is 14.6 Å². The van der Waals surface area contributed by atoms with Crippen molar-refractivity contribution in [3.8, 4) is 0 Å². The number of carbonyl (C=O) groups is 2. The van der Waals surface area contributed by atoms with E-state index in [1.807, 2.05) is 24.3 Å². The summed E-state index contributed by atoms with van der Waals surface area (Å²) in [5.41, 5.74) is 1.68. The fraction of sp³-hybridized carbons (Fsp3) is 0.438. The number of rotatable bonds is 3. The molecule has 3 N–H and O–H groups in total. The monoisotopic (exact) mass is 443 g/mol. The van der Waals surface area contributed by atoms with Gasteiger partial charge in [0.1, 0.15) is 0 Å². The van der Waals surface area contributed by atoms with Crippen molar-refractivity contribution in [2.75, 3.05) is 32.7 Å². The normalized spacial score (nSPS) is 17.1. The number of halogens is 1. The molecule has 8 heteroatoms. The van der Waals surface area contributed by atoms with Gasteiger partial charge in [0.05, 0.1) is 6.54 Å². The van der Waals surface area contributed by atoms with Crippen molar-refractivity contribution in [1.82, 2.24) is 20.9 Å². The highest BCUT2D eigenvalue weighted by Gasteiger charge is 2.22. The van der Waals surface area contributed by atoms with Crippen LogP contribution in [0.1, 0.15) is 22.3 Å². The van der Waals surface area contributed by atoms with E-state index in [1.165, 1.54) is 0 Å². The van der Waals surface area contributed by atoms with Gasteiger partial charge < -0.3 is 20.9 Å². The first kappa shape index (κ1) is 18.5. The van der Waals surface area contributed by atoms with Gasteiger partial charge in [-0.05, 0) is 24.1 Å². The highest BCUT2D eigenvalue weighted by atomic mass is 127. The molecule has 0 spiro atoms. The number of aliphatic imine (C=N–C) groups is 1. The van der Waals surface area contributed by atoms with E-state index in [4.69, 9.17) is 0 Å². The summed E-state index contributed by atoms with van der Waals surface area (Å²) in [4.78, 5) is 29.7. The lowest BCUT2D eigenvalue weighted by atomic mass is 10.1. The number of hydrogen-bond donors (Lipinski definition) is 3. The smallest absolute Gasteiger partial charge is 0.254 e. The zero-order chi connectivity index (χ0) is 16.1. The predicted octanol–water partition coefficient (Wildman–Crippen LogP) is 0.316. The maximum atomic E-state index is 12.4. The summed E-state index contributed by atoms with van der Waals surface area (Å²) in [5.74, 6) is 0.625. The van der Waals surface area contributed by atoms with Gasteiger partial charge >= 0.3 is 0 Å². The molecule has 24 heavy (non-hydrogen) atoms. The van der Waals surface area contributed by atoms with Crippen molar-refractivity contribution in [3.63, 3.8) is 0 Å². The Labute approximate surface area is 158 Å². The summed E-state index contributed by atoms with van der Waals surface area (Å²) >= 11 is 0. The first-order valence-electron chi connectivity index (χ1n) is 7.89. The number of benzene rings is 1. The molecule has 2 amide bonds. The number of piperazine rings is 1. The van der Waals surface area contributed by atoms with Gasteiger partial charge in [0, 0.05) is 38.3 Å². The van der Waals surface area contributed by atoms with Crippen LogP contribution in [0, 0.1) is 0 Å². The second kappa shape index (κ2) is 8.86. The SMILES string of the molecule is I.O=C1CN(C(=O)c2ccc(CNC3=NCCCN3)cc2)CCN1. The third-order valence-electron chi connectivity index (χ3n) is 3.88. The number of carbonyl (C=O) groups excluding carboxylic acids is 2. The molecule has 3 rings (SSSR count). The molecule has 2 heterocycles. The Balaban J connectivity index is 0.00000208. The summed E-state index contributed by atoms with van der Waals surface area (Å²) in [6.07, 6.45) is 1.07. The summed E-state index contributed by atoms with van der Waals surface area (Å²) in [6.45, 7) is 3.66. The van der Waals surface area contributed by atoms with Crippen LogP contribution in [-0.2, 0) is 11.3 Å².